The number of fused-ring (bicyclic) bond motifs is 3. The van der Waals surface area contributed by atoms with Gasteiger partial charge in [0.15, 0.2) is 0 Å². The fraction of sp³-hybridized carbons (Fsp3) is 0.242. The van der Waals surface area contributed by atoms with Gasteiger partial charge >= 0.3 is 0 Å². The number of hydrogen-bond acceptors (Lipinski definition) is 6. The molecule has 0 unspecified atom stereocenters. The van der Waals surface area contributed by atoms with Crippen LogP contribution in [0.1, 0.15) is 19.4 Å². The highest BCUT2D eigenvalue weighted by Crippen LogP contribution is 2.44. The fourth-order valence-corrected chi connectivity index (χ4v) is 5.94. The Morgan fingerprint density at radius 3 is 2.10 bits per heavy atom. The minimum absolute atomic E-state index is 0.0355. The van der Waals surface area contributed by atoms with E-state index in [0.29, 0.717) is 0 Å². The highest BCUT2D eigenvalue weighted by Gasteiger charge is 2.35. The van der Waals surface area contributed by atoms with Crippen LogP contribution in [-0.4, -0.2) is 41.9 Å². The fourth-order valence-electron chi connectivity index (χ4n) is 5.94. The van der Waals surface area contributed by atoms with Crippen LogP contribution in [0, 0.1) is 0 Å². The first kappa shape index (κ1) is 24.5. The number of ether oxygens (including phenoxy) is 1. The Bertz CT molecular complexity index is 1740. The van der Waals surface area contributed by atoms with Gasteiger partial charge < -0.3 is 24.0 Å². The van der Waals surface area contributed by atoms with Crippen molar-refractivity contribution in [1.29, 1.82) is 0 Å². The van der Waals surface area contributed by atoms with E-state index in [4.69, 9.17) is 4.74 Å². The first-order valence-corrected chi connectivity index (χ1v) is 13.7. The number of nitrogens with zero attached hydrogens (tertiary/aromatic N) is 6. The molecule has 202 valence electrons. The molecule has 0 atom stereocenters. The average molecular weight is 531 g/mol. The SMILES string of the molecule is CN1CN(c2cccc(Oc3cccc(N4CN(C)C(C)(C)c5ccccc54)c3)c2)c2cc3ncn(C)c3cc21. The van der Waals surface area contributed by atoms with Gasteiger partial charge in [0, 0.05) is 48.8 Å². The number of rotatable bonds is 4. The van der Waals surface area contributed by atoms with Gasteiger partial charge in [-0.1, -0.05) is 30.3 Å². The van der Waals surface area contributed by atoms with Crippen LogP contribution < -0.4 is 19.4 Å². The van der Waals surface area contributed by atoms with Gasteiger partial charge in [0.25, 0.3) is 0 Å². The molecule has 0 N–H and O–H groups in total. The maximum absolute atomic E-state index is 6.46. The second kappa shape index (κ2) is 9.03. The molecule has 5 aromatic rings. The summed E-state index contributed by atoms with van der Waals surface area (Å²) < 4.78 is 8.52. The molecule has 0 amide bonds. The lowest BCUT2D eigenvalue weighted by Crippen LogP contribution is -2.49. The number of aryl methyl sites for hydroxylation is 1. The molecule has 1 aromatic heterocycles. The smallest absolute Gasteiger partial charge is 0.129 e. The largest absolute Gasteiger partial charge is 0.457 e. The normalized spacial score (nSPS) is 16.4. The van der Waals surface area contributed by atoms with Crippen molar-refractivity contribution in [3.05, 3.63) is 96.8 Å². The Kier molecular flexibility index (Phi) is 5.54. The van der Waals surface area contributed by atoms with Crippen molar-refractivity contribution in [3.63, 3.8) is 0 Å². The molecule has 0 radical (unpaired) electrons. The van der Waals surface area contributed by atoms with Crippen LogP contribution >= 0.6 is 0 Å². The molecule has 40 heavy (non-hydrogen) atoms. The van der Waals surface area contributed by atoms with E-state index in [0.717, 1.165) is 52.9 Å². The highest BCUT2D eigenvalue weighted by molar-refractivity contribution is 5.93. The molecule has 0 saturated carbocycles. The molecular weight excluding hydrogens is 496 g/mol. The molecule has 0 fully saturated rings. The van der Waals surface area contributed by atoms with Crippen LogP contribution in [0.4, 0.5) is 28.4 Å². The van der Waals surface area contributed by atoms with Gasteiger partial charge in [-0.3, -0.25) is 4.90 Å². The van der Waals surface area contributed by atoms with E-state index in [1.165, 1.54) is 16.9 Å². The molecule has 0 spiro atoms. The topological polar surface area (TPSA) is 40.0 Å². The van der Waals surface area contributed by atoms with Crippen molar-refractivity contribution < 1.29 is 4.74 Å². The van der Waals surface area contributed by atoms with Crippen molar-refractivity contribution in [2.75, 3.05) is 42.1 Å². The third-order valence-electron chi connectivity index (χ3n) is 8.53. The number of para-hydroxylation sites is 1. The summed E-state index contributed by atoms with van der Waals surface area (Å²) in [6.07, 6.45) is 1.87. The van der Waals surface area contributed by atoms with E-state index in [-0.39, 0.29) is 5.54 Å². The second-order valence-corrected chi connectivity index (χ2v) is 11.4. The maximum atomic E-state index is 6.46. The van der Waals surface area contributed by atoms with Gasteiger partial charge in [-0.25, -0.2) is 4.98 Å². The van der Waals surface area contributed by atoms with Crippen molar-refractivity contribution in [1.82, 2.24) is 14.5 Å². The predicted octanol–water partition coefficient (Wildman–Crippen LogP) is 7.19. The van der Waals surface area contributed by atoms with E-state index in [1.807, 2.05) is 25.5 Å². The summed E-state index contributed by atoms with van der Waals surface area (Å²) >= 11 is 0. The first-order valence-electron chi connectivity index (χ1n) is 13.7. The highest BCUT2D eigenvalue weighted by atomic mass is 16.5. The van der Waals surface area contributed by atoms with Gasteiger partial charge in [0.1, 0.15) is 11.5 Å². The van der Waals surface area contributed by atoms with Crippen molar-refractivity contribution in [3.8, 4) is 11.5 Å². The molecule has 7 rings (SSSR count). The summed E-state index contributed by atoms with van der Waals surface area (Å²) in [5.74, 6) is 1.62. The van der Waals surface area contributed by atoms with Crippen molar-refractivity contribution in [2.45, 2.75) is 19.4 Å². The summed E-state index contributed by atoms with van der Waals surface area (Å²) in [5, 5.41) is 0. The zero-order valence-corrected chi connectivity index (χ0v) is 23.7. The predicted molar refractivity (Wildman–Crippen MR) is 163 cm³/mol. The monoisotopic (exact) mass is 530 g/mol. The van der Waals surface area contributed by atoms with Gasteiger partial charge in [-0.15, -0.1) is 0 Å². The molecule has 0 bridgehead atoms. The van der Waals surface area contributed by atoms with Crippen LogP contribution in [-0.2, 0) is 12.6 Å². The minimum Gasteiger partial charge on any atom is -0.457 e. The Morgan fingerprint density at radius 2 is 1.38 bits per heavy atom. The minimum atomic E-state index is -0.0355. The molecule has 7 nitrogen and oxygen atoms in total. The molecule has 7 heteroatoms. The summed E-state index contributed by atoms with van der Waals surface area (Å²) in [6.45, 7) is 6.13. The van der Waals surface area contributed by atoms with Crippen molar-refractivity contribution >= 4 is 39.5 Å². The lowest BCUT2D eigenvalue weighted by atomic mass is 9.88. The van der Waals surface area contributed by atoms with E-state index in [9.17, 15) is 0 Å². The number of aromatic nitrogens is 2. The second-order valence-electron chi connectivity index (χ2n) is 11.4. The third kappa shape index (κ3) is 3.88. The zero-order chi connectivity index (χ0) is 27.6. The van der Waals surface area contributed by atoms with Gasteiger partial charge in [0.05, 0.1) is 42.1 Å². The van der Waals surface area contributed by atoms with Crippen LogP contribution in [0.5, 0.6) is 11.5 Å². The summed E-state index contributed by atoms with van der Waals surface area (Å²) in [7, 11) is 6.35. The summed E-state index contributed by atoms with van der Waals surface area (Å²) in [5.41, 5.74) is 9.21. The molecular formula is C33H34N6O. The van der Waals surface area contributed by atoms with E-state index >= 15 is 0 Å². The summed E-state index contributed by atoms with van der Waals surface area (Å²) in [4.78, 5) is 13.9. The van der Waals surface area contributed by atoms with Crippen molar-refractivity contribution in [2.24, 2.45) is 7.05 Å². The number of hydrogen-bond donors (Lipinski definition) is 0. The lowest BCUT2D eigenvalue weighted by molar-refractivity contribution is 0.150. The molecule has 0 saturated heterocycles. The molecule has 2 aliphatic heterocycles. The Balaban J connectivity index is 1.18. The quantitative estimate of drug-likeness (QED) is 0.245. The third-order valence-corrected chi connectivity index (χ3v) is 8.53. The van der Waals surface area contributed by atoms with E-state index in [1.54, 1.807) is 0 Å². The molecule has 0 aliphatic carbocycles. The lowest BCUT2D eigenvalue weighted by Gasteiger charge is -2.47. The Labute approximate surface area is 235 Å². The Hall–Kier alpha value is -4.49. The number of anilines is 5. The standard InChI is InChI=1S/C33H34N6O/c1-33(2)27-14-6-7-15-29(27)39(22-37(33)5)24-11-9-13-26(17-24)40-25-12-8-10-23(16-25)38-21-36(4)31-19-30-28(18-32(31)38)34-20-35(30)3/h6-20H,21-22H2,1-5H3. The van der Waals surface area contributed by atoms with E-state index < -0.39 is 0 Å². The van der Waals surface area contributed by atoms with E-state index in [2.05, 4.69) is 130 Å². The number of imidazole rings is 1. The first-order chi connectivity index (χ1) is 19.3. The van der Waals surface area contributed by atoms with Gasteiger partial charge in [-0.05, 0) is 68.9 Å². The zero-order valence-electron chi connectivity index (χ0n) is 23.7. The van der Waals surface area contributed by atoms with Gasteiger partial charge in [-0.2, -0.15) is 0 Å². The van der Waals surface area contributed by atoms with Crippen LogP contribution in [0.15, 0.2) is 91.3 Å². The molecule has 2 aliphatic rings. The molecule has 4 aromatic carbocycles. The van der Waals surface area contributed by atoms with Gasteiger partial charge in [0.2, 0.25) is 0 Å². The summed E-state index contributed by atoms with van der Waals surface area (Å²) in [6, 6.07) is 29.8. The maximum Gasteiger partial charge on any atom is 0.129 e. The van der Waals surface area contributed by atoms with Crippen LogP contribution in [0.25, 0.3) is 11.0 Å². The molecule has 3 heterocycles. The average Bonchev–Trinajstić information content (AvgIpc) is 3.49. The Morgan fingerprint density at radius 1 is 0.700 bits per heavy atom. The van der Waals surface area contributed by atoms with Crippen LogP contribution in [0.3, 0.4) is 0 Å². The van der Waals surface area contributed by atoms with Crippen LogP contribution in [0.2, 0.25) is 0 Å². The number of benzene rings is 4.